The van der Waals surface area contributed by atoms with E-state index in [1.165, 1.54) is 12.1 Å². The van der Waals surface area contributed by atoms with E-state index in [9.17, 15) is 13.2 Å². The third-order valence-corrected chi connectivity index (χ3v) is 5.06. The highest BCUT2D eigenvalue weighted by Crippen LogP contribution is 2.15. The fraction of sp³-hybridized carbons (Fsp3) is 0.312. The van der Waals surface area contributed by atoms with Gasteiger partial charge in [0, 0.05) is 50.4 Å². The van der Waals surface area contributed by atoms with Gasteiger partial charge in [-0.25, -0.2) is 18.4 Å². The number of anilines is 1. The van der Waals surface area contributed by atoms with Crippen molar-refractivity contribution in [1.29, 1.82) is 0 Å². The Kier molecular flexibility index (Phi) is 4.48. The van der Waals surface area contributed by atoms with Crippen LogP contribution in [0, 0.1) is 0 Å². The minimum atomic E-state index is -3.25. The molecule has 0 aliphatic carbocycles. The van der Waals surface area contributed by atoms with Crippen molar-refractivity contribution in [2.75, 3.05) is 37.3 Å². The van der Waals surface area contributed by atoms with Gasteiger partial charge in [0.1, 0.15) is 0 Å². The van der Waals surface area contributed by atoms with E-state index in [0.717, 1.165) is 6.26 Å². The first-order valence-corrected chi connectivity index (χ1v) is 9.46. The highest BCUT2D eigenvalue weighted by molar-refractivity contribution is 7.90. The van der Waals surface area contributed by atoms with Crippen LogP contribution in [0.1, 0.15) is 10.4 Å². The molecule has 24 heavy (non-hydrogen) atoms. The van der Waals surface area contributed by atoms with Crippen molar-refractivity contribution in [2.45, 2.75) is 4.90 Å². The summed E-state index contributed by atoms with van der Waals surface area (Å²) in [5.74, 6) is 0.575. The molecule has 0 N–H and O–H groups in total. The highest BCUT2D eigenvalue weighted by Gasteiger charge is 2.23. The Morgan fingerprint density at radius 3 is 2.12 bits per heavy atom. The van der Waals surface area contributed by atoms with Gasteiger partial charge in [0.05, 0.1) is 4.90 Å². The second-order valence-electron chi connectivity index (χ2n) is 5.62. The predicted molar refractivity (Wildman–Crippen MR) is 89.7 cm³/mol. The van der Waals surface area contributed by atoms with E-state index in [2.05, 4.69) is 9.97 Å². The standard InChI is InChI=1S/C16H18N4O3S/c1-24(22,23)14-5-3-13(4-6-14)15(21)19-9-11-20(12-10-19)16-17-7-2-8-18-16/h2-8H,9-12H2,1H3. The lowest BCUT2D eigenvalue weighted by molar-refractivity contribution is 0.0746. The number of carbonyl (C=O) groups is 1. The van der Waals surface area contributed by atoms with Gasteiger partial charge in [0.2, 0.25) is 5.95 Å². The van der Waals surface area contributed by atoms with Gasteiger partial charge in [-0.3, -0.25) is 4.79 Å². The fourth-order valence-electron chi connectivity index (χ4n) is 2.59. The Hall–Kier alpha value is -2.48. The first kappa shape index (κ1) is 16.4. The van der Waals surface area contributed by atoms with Crippen molar-refractivity contribution in [1.82, 2.24) is 14.9 Å². The topological polar surface area (TPSA) is 83.5 Å². The minimum Gasteiger partial charge on any atom is -0.337 e. The summed E-state index contributed by atoms with van der Waals surface area (Å²) < 4.78 is 22.9. The molecule has 1 aliphatic heterocycles. The molecule has 2 aromatic rings. The maximum Gasteiger partial charge on any atom is 0.253 e. The van der Waals surface area contributed by atoms with E-state index in [0.29, 0.717) is 37.7 Å². The molecule has 0 atom stereocenters. The van der Waals surface area contributed by atoms with Gasteiger partial charge in [-0.15, -0.1) is 0 Å². The quantitative estimate of drug-likeness (QED) is 0.819. The van der Waals surface area contributed by atoms with Crippen LogP contribution < -0.4 is 4.90 Å². The largest absolute Gasteiger partial charge is 0.337 e. The lowest BCUT2D eigenvalue weighted by atomic mass is 10.2. The SMILES string of the molecule is CS(=O)(=O)c1ccc(C(=O)N2CCN(c3ncccn3)CC2)cc1. The number of nitrogens with zero attached hydrogens (tertiary/aromatic N) is 4. The zero-order valence-corrected chi connectivity index (χ0v) is 14.1. The second-order valence-corrected chi connectivity index (χ2v) is 7.64. The Labute approximate surface area is 140 Å². The summed E-state index contributed by atoms with van der Waals surface area (Å²) in [4.78, 5) is 25.0. The zero-order valence-electron chi connectivity index (χ0n) is 13.3. The summed E-state index contributed by atoms with van der Waals surface area (Å²) >= 11 is 0. The van der Waals surface area contributed by atoms with Gasteiger partial charge in [0.25, 0.3) is 5.91 Å². The third kappa shape index (κ3) is 3.53. The molecule has 1 amide bonds. The molecule has 0 saturated carbocycles. The van der Waals surface area contributed by atoms with Gasteiger partial charge in [-0.2, -0.15) is 0 Å². The van der Waals surface area contributed by atoms with Gasteiger partial charge in [0.15, 0.2) is 9.84 Å². The third-order valence-electron chi connectivity index (χ3n) is 3.93. The second kappa shape index (κ2) is 6.56. The van der Waals surface area contributed by atoms with Crippen molar-refractivity contribution in [3.05, 3.63) is 48.3 Å². The molecule has 0 bridgehead atoms. The lowest BCUT2D eigenvalue weighted by Crippen LogP contribution is -2.49. The van der Waals surface area contributed by atoms with Crippen molar-refractivity contribution in [3.8, 4) is 0 Å². The van der Waals surface area contributed by atoms with E-state index in [4.69, 9.17) is 0 Å². The molecule has 7 nitrogen and oxygen atoms in total. The molecule has 8 heteroatoms. The van der Waals surface area contributed by atoms with E-state index >= 15 is 0 Å². The number of rotatable bonds is 3. The molecule has 1 saturated heterocycles. The molecule has 1 aromatic carbocycles. The van der Waals surface area contributed by atoms with Crippen LogP contribution in [0.2, 0.25) is 0 Å². The van der Waals surface area contributed by atoms with Crippen LogP contribution in [-0.2, 0) is 9.84 Å². The molecule has 126 valence electrons. The van der Waals surface area contributed by atoms with Crippen LogP contribution in [0.5, 0.6) is 0 Å². The molecule has 0 unspecified atom stereocenters. The van der Waals surface area contributed by atoms with E-state index in [1.807, 2.05) is 4.90 Å². The van der Waals surface area contributed by atoms with Crippen molar-refractivity contribution < 1.29 is 13.2 Å². The minimum absolute atomic E-state index is 0.0938. The molecule has 1 aliphatic rings. The summed E-state index contributed by atoms with van der Waals surface area (Å²) in [7, 11) is -3.25. The summed E-state index contributed by atoms with van der Waals surface area (Å²) in [6.07, 6.45) is 4.54. The van der Waals surface area contributed by atoms with Gasteiger partial charge in [-0.1, -0.05) is 0 Å². The maximum atomic E-state index is 12.5. The molecule has 3 rings (SSSR count). The summed E-state index contributed by atoms with van der Waals surface area (Å²) in [5, 5.41) is 0. The van der Waals surface area contributed by atoms with E-state index in [-0.39, 0.29) is 10.8 Å². The molecule has 1 aromatic heterocycles. The summed E-state index contributed by atoms with van der Waals surface area (Å²) in [6, 6.07) is 7.83. The number of hydrogen-bond donors (Lipinski definition) is 0. The molecule has 1 fully saturated rings. The first-order valence-electron chi connectivity index (χ1n) is 7.56. The molecule has 0 spiro atoms. The van der Waals surface area contributed by atoms with Crippen molar-refractivity contribution in [3.63, 3.8) is 0 Å². The number of benzene rings is 1. The zero-order chi connectivity index (χ0) is 17.2. The number of hydrogen-bond acceptors (Lipinski definition) is 6. The van der Waals surface area contributed by atoms with Crippen LogP contribution in [0.25, 0.3) is 0 Å². The van der Waals surface area contributed by atoms with Crippen LogP contribution in [0.15, 0.2) is 47.6 Å². The van der Waals surface area contributed by atoms with Gasteiger partial charge in [-0.05, 0) is 30.3 Å². The predicted octanol–water partition coefficient (Wildman–Crippen LogP) is 0.842. The maximum absolute atomic E-state index is 12.5. The number of carbonyl (C=O) groups excluding carboxylic acids is 1. The average Bonchev–Trinajstić information content (AvgIpc) is 2.61. The van der Waals surface area contributed by atoms with Crippen LogP contribution >= 0.6 is 0 Å². The van der Waals surface area contributed by atoms with Crippen molar-refractivity contribution >= 4 is 21.7 Å². The fourth-order valence-corrected chi connectivity index (χ4v) is 3.22. The molecule has 0 radical (unpaired) electrons. The molecular weight excluding hydrogens is 328 g/mol. The van der Waals surface area contributed by atoms with Crippen LogP contribution in [-0.4, -0.2) is 61.6 Å². The molecular formula is C16H18N4O3S. The Balaban J connectivity index is 1.65. The molecule has 2 heterocycles. The highest BCUT2D eigenvalue weighted by atomic mass is 32.2. The van der Waals surface area contributed by atoms with Crippen molar-refractivity contribution in [2.24, 2.45) is 0 Å². The average molecular weight is 346 g/mol. The first-order chi connectivity index (χ1) is 11.4. The van der Waals surface area contributed by atoms with E-state index < -0.39 is 9.84 Å². The summed E-state index contributed by atoms with van der Waals surface area (Å²) in [6.45, 7) is 2.48. The Bertz CT molecular complexity index is 814. The normalized spacial score (nSPS) is 15.4. The Morgan fingerprint density at radius 2 is 1.58 bits per heavy atom. The lowest BCUT2D eigenvalue weighted by Gasteiger charge is -2.34. The summed E-state index contributed by atoms with van der Waals surface area (Å²) in [5.41, 5.74) is 0.492. The van der Waals surface area contributed by atoms with E-state index in [1.54, 1.807) is 35.5 Å². The van der Waals surface area contributed by atoms with Gasteiger partial charge < -0.3 is 9.80 Å². The number of amides is 1. The van der Waals surface area contributed by atoms with Crippen LogP contribution in [0.4, 0.5) is 5.95 Å². The number of piperazine rings is 1. The number of aromatic nitrogens is 2. The van der Waals surface area contributed by atoms with Crippen LogP contribution in [0.3, 0.4) is 0 Å². The number of sulfone groups is 1. The smallest absolute Gasteiger partial charge is 0.253 e. The Morgan fingerprint density at radius 1 is 1.00 bits per heavy atom. The monoisotopic (exact) mass is 346 g/mol. The van der Waals surface area contributed by atoms with Gasteiger partial charge >= 0.3 is 0 Å².